The van der Waals surface area contributed by atoms with Crippen LogP contribution in [-0.4, -0.2) is 54.2 Å². The number of hydrogen-bond acceptors (Lipinski definition) is 3. The predicted molar refractivity (Wildman–Crippen MR) is 70.6 cm³/mol. The lowest BCUT2D eigenvalue weighted by atomic mass is 10.0. The van der Waals surface area contributed by atoms with Gasteiger partial charge in [0.2, 0.25) is 0 Å². The molecule has 3 N–H and O–H groups in total. The molecule has 0 saturated heterocycles. The quantitative estimate of drug-likeness (QED) is 0.634. The highest BCUT2D eigenvalue weighted by molar-refractivity contribution is 5.82. The Bertz CT molecular complexity index is 290. The number of carbonyl (C=O) groups excluding carboxylic acids is 1. The molecule has 0 aromatic rings. The minimum absolute atomic E-state index is 0.180. The van der Waals surface area contributed by atoms with E-state index in [0.29, 0.717) is 19.4 Å². The first kappa shape index (κ1) is 16.7. The smallest absolute Gasteiger partial charge is 0.326 e. The van der Waals surface area contributed by atoms with E-state index in [-0.39, 0.29) is 5.54 Å². The number of amides is 2. The minimum atomic E-state index is -1.00. The van der Waals surface area contributed by atoms with E-state index < -0.39 is 18.0 Å². The van der Waals surface area contributed by atoms with Gasteiger partial charge < -0.3 is 20.6 Å². The van der Waals surface area contributed by atoms with Gasteiger partial charge in [-0.2, -0.15) is 0 Å². The van der Waals surface area contributed by atoms with Gasteiger partial charge >= 0.3 is 12.0 Å². The summed E-state index contributed by atoms with van der Waals surface area (Å²) >= 11 is 0. The third kappa shape index (κ3) is 5.86. The van der Waals surface area contributed by atoms with Gasteiger partial charge in [-0.15, -0.1) is 0 Å². The zero-order chi connectivity index (χ0) is 14.3. The van der Waals surface area contributed by atoms with Crippen LogP contribution in [0.4, 0.5) is 4.79 Å². The highest BCUT2D eigenvalue weighted by atomic mass is 16.4. The molecule has 0 aromatic heterocycles. The summed E-state index contributed by atoms with van der Waals surface area (Å²) in [5, 5.41) is 14.1. The number of carboxylic acids is 1. The molecule has 0 rings (SSSR count). The summed E-state index contributed by atoms with van der Waals surface area (Å²) in [6.45, 7) is 6.32. The highest BCUT2D eigenvalue weighted by Gasteiger charge is 2.23. The largest absolute Gasteiger partial charge is 0.480 e. The van der Waals surface area contributed by atoms with Crippen LogP contribution in [0.2, 0.25) is 0 Å². The lowest BCUT2D eigenvalue weighted by Crippen LogP contribution is -2.52. The van der Waals surface area contributed by atoms with E-state index in [9.17, 15) is 9.59 Å². The maximum atomic E-state index is 11.6. The van der Waals surface area contributed by atoms with Crippen molar-refractivity contribution in [2.75, 3.05) is 20.6 Å². The van der Waals surface area contributed by atoms with E-state index in [1.807, 2.05) is 39.8 Å². The Morgan fingerprint density at radius 3 is 2.28 bits per heavy atom. The zero-order valence-electron chi connectivity index (χ0n) is 11.9. The molecule has 18 heavy (non-hydrogen) atoms. The van der Waals surface area contributed by atoms with Gasteiger partial charge in [-0.05, 0) is 34.4 Å². The van der Waals surface area contributed by atoms with Gasteiger partial charge in [0.05, 0.1) is 0 Å². The van der Waals surface area contributed by atoms with Crippen LogP contribution in [0.15, 0.2) is 0 Å². The molecular formula is C12H25N3O3. The number of nitrogens with one attached hydrogen (secondary N) is 2. The molecule has 0 aromatic carbocycles. The lowest BCUT2D eigenvalue weighted by molar-refractivity contribution is -0.139. The van der Waals surface area contributed by atoms with E-state index in [0.717, 1.165) is 0 Å². The van der Waals surface area contributed by atoms with E-state index >= 15 is 0 Å². The minimum Gasteiger partial charge on any atom is -0.480 e. The second kappa shape index (κ2) is 7.20. The molecule has 0 aliphatic heterocycles. The van der Waals surface area contributed by atoms with Gasteiger partial charge in [-0.25, -0.2) is 9.59 Å². The zero-order valence-corrected chi connectivity index (χ0v) is 11.9. The van der Waals surface area contributed by atoms with Crippen LogP contribution in [0.3, 0.4) is 0 Å². The number of hydrogen-bond donors (Lipinski definition) is 3. The molecule has 0 radical (unpaired) electrons. The van der Waals surface area contributed by atoms with Crippen LogP contribution < -0.4 is 10.6 Å². The van der Waals surface area contributed by atoms with Crippen molar-refractivity contribution in [3.8, 4) is 0 Å². The Morgan fingerprint density at radius 1 is 1.33 bits per heavy atom. The molecule has 0 aliphatic carbocycles. The van der Waals surface area contributed by atoms with Crippen LogP contribution in [0.1, 0.15) is 33.6 Å². The first-order valence-electron chi connectivity index (χ1n) is 6.15. The third-order valence-electron chi connectivity index (χ3n) is 3.07. The van der Waals surface area contributed by atoms with Crippen molar-refractivity contribution in [3.05, 3.63) is 0 Å². The average molecular weight is 259 g/mol. The molecule has 0 saturated carbocycles. The SMILES string of the molecule is CCC[C@H](NC(=O)NCC(C)(C)N(C)C)C(=O)O. The van der Waals surface area contributed by atoms with Gasteiger partial charge in [0.25, 0.3) is 0 Å². The van der Waals surface area contributed by atoms with Crippen LogP contribution >= 0.6 is 0 Å². The second-order valence-corrected chi connectivity index (χ2v) is 5.21. The number of likely N-dealkylation sites (N-methyl/N-ethyl adjacent to an activating group) is 1. The standard InChI is InChI=1S/C12H25N3O3/c1-6-7-9(10(16)17)14-11(18)13-8-12(2,3)15(4)5/h9H,6-8H2,1-5H3,(H,16,17)(H2,13,14,18)/t9-/m0/s1. The van der Waals surface area contributed by atoms with E-state index in [1.54, 1.807) is 0 Å². The maximum Gasteiger partial charge on any atom is 0.326 e. The molecule has 0 aliphatic rings. The first-order chi connectivity index (χ1) is 8.20. The normalized spacial score (nSPS) is 13.2. The van der Waals surface area contributed by atoms with Crippen LogP contribution in [-0.2, 0) is 4.79 Å². The fourth-order valence-electron chi connectivity index (χ4n) is 1.21. The lowest BCUT2D eigenvalue weighted by Gasteiger charge is -2.32. The summed E-state index contributed by atoms with van der Waals surface area (Å²) in [6, 6.07) is -1.26. The van der Waals surface area contributed by atoms with Crippen LogP contribution in [0.5, 0.6) is 0 Å². The predicted octanol–water partition coefficient (Wildman–Crippen LogP) is 0.879. The Balaban J connectivity index is 4.22. The Morgan fingerprint density at radius 2 is 1.89 bits per heavy atom. The van der Waals surface area contributed by atoms with Gasteiger partial charge in [0.15, 0.2) is 0 Å². The van der Waals surface area contributed by atoms with Crippen molar-refractivity contribution in [1.82, 2.24) is 15.5 Å². The van der Waals surface area contributed by atoms with Gasteiger partial charge in [0, 0.05) is 12.1 Å². The third-order valence-corrected chi connectivity index (χ3v) is 3.07. The Kier molecular flexibility index (Phi) is 6.68. The summed E-state index contributed by atoms with van der Waals surface area (Å²) in [5.74, 6) is -1.00. The van der Waals surface area contributed by atoms with Crippen molar-refractivity contribution in [1.29, 1.82) is 0 Å². The maximum absolute atomic E-state index is 11.6. The van der Waals surface area contributed by atoms with Crippen molar-refractivity contribution in [3.63, 3.8) is 0 Å². The molecule has 0 unspecified atom stereocenters. The monoisotopic (exact) mass is 259 g/mol. The number of carbonyl (C=O) groups is 2. The summed E-state index contributed by atoms with van der Waals surface area (Å²) < 4.78 is 0. The number of rotatable bonds is 7. The van der Waals surface area contributed by atoms with Gasteiger partial charge in [-0.3, -0.25) is 0 Å². The average Bonchev–Trinajstić information content (AvgIpc) is 2.25. The summed E-state index contributed by atoms with van der Waals surface area (Å²) in [5.41, 5.74) is -0.180. The highest BCUT2D eigenvalue weighted by Crippen LogP contribution is 2.07. The molecule has 0 fully saturated rings. The number of carboxylic acid groups (broad SMARTS) is 1. The van der Waals surface area contributed by atoms with Gasteiger partial charge in [0.1, 0.15) is 6.04 Å². The molecule has 0 heterocycles. The molecule has 0 spiro atoms. The second-order valence-electron chi connectivity index (χ2n) is 5.21. The summed E-state index contributed by atoms with van der Waals surface area (Å²) in [6.07, 6.45) is 1.14. The molecule has 2 amide bonds. The van der Waals surface area contributed by atoms with E-state index in [4.69, 9.17) is 5.11 Å². The Labute approximate surface area is 109 Å². The van der Waals surface area contributed by atoms with Crippen LogP contribution in [0, 0.1) is 0 Å². The van der Waals surface area contributed by atoms with Crippen LogP contribution in [0.25, 0.3) is 0 Å². The summed E-state index contributed by atoms with van der Waals surface area (Å²) in [7, 11) is 3.85. The molecule has 6 nitrogen and oxygen atoms in total. The molecule has 6 heteroatoms. The van der Waals surface area contributed by atoms with Gasteiger partial charge in [-0.1, -0.05) is 13.3 Å². The molecule has 106 valence electrons. The van der Waals surface area contributed by atoms with E-state index in [1.165, 1.54) is 0 Å². The van der Waals surface area contributed by atoms with Crippen molar-refractivity contribution in [2.24, 2.45) is 0 Å². The topological polar surface area (TPSA) is 81.7 Å². The van der Waals surface area contributed by atoms with Crippen molar-refractivity contribution < 1.29 is 14.7 Å². The Hall–Kier alpha value is -1.30. The fraction of sp³-hybridized carbons (Fsp3) is 0.833. The van der Waals surface area contributed by atoms with Crippen molar-refractivity contribution >= 4 is 12.0 Å². The summed E-state index contributed by atoms with van der Waals surface area (Å²) in [4.78, 5) is 24.5. The first-order valence-corrected chi connectivity index (χ1v) is 6.15. The fourth-order valence-corrected chi connectivity index (χ4v) is 1.21. The molecule has 1 atom stereocenters. The number of nitrogens with zero attached hydrogens (tertiary/aromatic N) is 1. The van der Waals surface area contributed by atoms with E-state index in [2.05, 4.69) is 10.6 Å². The van der Waals surface area contributed by atoms with Crippen molar-refractivity contribution in [2.45, 2.75) is 45.2 Å². The molecular weight excluding hydrogens is 234 g/mol. The number of aliphatic carboxylic acids is 1. The number of urea groups is 1. The molecule has 0 bridgehead atoms.